The fraction of sp³-hybridized carbons (Fsp3) is 0.286. The molecule has 104 valence electrons. The van der Waals surface area contributed by atoms with Gasteiger partial charge < -0.3 is 4.74 Å². The molecule has 0 radical (unpaired) electrons. The van der Waals surface area contributed by atoms with Crippen molar-refractivity contribution in [1.29, 1.82) is 0 Å². The van der Waals surface area contributed by atoms with Crippen molar-refractivity contribution in [1.82, 2.24) is 19.3 Å². The van der Waals surface area contributed by atoms with Gasteiger partial charge in [-0.2, -0.15) is 5.10 Å². The highest BCUT2D eigenvalue weighted by Crippen LogP contribution is 2.28. The molecule has 0 saturated heterocycles. The molecule has 3 rings (SSSR count). The topological polar surface area (TPSA) is 44.9 Å². The molecule has 0 aliphatic carbocycles. The van der Waals surface area contributed by atoms with Crippen LogP contribution in [0.2, 0.25) is 0 Å². The average molecular weight is 291 g/mol. The second-order valence-electron chi connectivity index (χ2n) is 4.50. The Morgan fingerprint density at radius 2 is 2.20 bits per heavy atom. The third kappa shape index (κ3) is 2.04. The Hall–Kier alpha value is -2.01. The molecule has 0 aliphatic rings. The van der Waals surface area contributed by atoms with Gasteiger partial charge in [-0.15, -0.1) is 11.6 Å². The molecule has 20 heavy (non-hydrogen) atoms. The summed E-state index contributed by atoms with van der Waals surface area (Å²) < 4.78 is 9.23. The van der Waals surface area contributed by atoms with Crippen molar-refractivity contribution < 1.29 is 4.74 Å². The standard InChI is InChI=1S/C14H15ClN4O/c1-18-9-10(8-16-18)19-11-4-3-5-12(20-2)14(11)17-13(19)6-7-15/h3-5,8-9H,6-7H2,1-2H3. The van der Waals surface area contributed by atoms with E-state index in [9.17, 15) is 0 Å². The number of ether oxygens (including phenoxy) is 1. The lowest BCUT2D eigenvalue weighted by atomic mass is 10.3. The van der Waals surface area contributed by atoms with Gasteiger partial charge in [0.2, 0.25) is 0 Å². The minimum absolute atomic E-state index is 0.520. The van der Waals surface area contributed by atoms with Crippen molar-refractivity contribution in [3.05, 3.63) is 36.4 Å². The first-order valence-electron chi connectivity index (χ1n) is 6.34. The fourth-order valence-electron chi connectivity index (χ4n) is 2.35. The molecule has 2 heterocycles. The van der Waals surface area contributed by atoms with Crippen LogP contribution >= 0.6 is 11.6 Å². The third-order valence-electron chi connectivity index (χ3n) is 3.21. The van der Waals surface area contributed by atoms with Gasteiger partial charge in [0.25, 0.3) is 0 Å². The Morgan fingerprint density at radius 3 is 2.85 bits per heavy atom. The lowest BCUT2D eigenvalue weighted by molar-refractivity contribution is 0.419. The Kier molecular flexibility index (Phi) is 3.36. The lowest BCUT2D eigenvalue weighted by Crippen LogP contribution is -2.01. The maximum absolute atomic E-state index is 5.90. The summed E-state index contributed by atoms with van der Waals surface area (Å²) in [5.41, 5.74) is 2.82. The molecule has 1 aromatic carbocycles. The number of para-hydroxylation sites is 1. The van der Waals surface area contributed by atoms with Crippen LogP contribution in [0.3, 0.4) is 0 Å². The van der Waals surface area contributed by atoms with E-state index in [0.29, 0.717) is 12.3 Å². The molecule has 5 nitrogen and oxygen atoms in total. The number of nitrogens with zero attached hydrogens (tertiary/aromatic N) is 4. The molecule has 0 fully saturated rings. The minimum Gasteiger partial charge on any atom is -0.494 e. The second-order valence-corrected chi connectivity index (χ2v) is 4.88. The Morgan fingerprint density at radius 1 is 1.35 bits per heavy atom. The highest BCUT2D eigenvalue weighted by Gasteiger charge is 2.15. The number of alkyl halides is 1. The van der Waals surface area contributed by atoms with Crippen LogP contribution in [0, 0.1) is 0 Å². The van der Waals surface area contributed by atoms with Crippen molar-refractivity contribution >= 4 is 22.6 Å². The number of hydrogen-bond donors (Lipinski definition) is 0. The van der Waals surface area contributed by atoms with E-state index in [1.807, 2.05) is 37.6 Å². The third-order valence-corrected chi connectivity index (χ3v) is 3.39. The summed E-state index contributed by atoms with van der Waals surface area (Å²) in [5.74, 6) is 2.19. The summed E-state index contributed by atoms with van der Waals surface area (Å²) in [6.07, 6.45) is 4.46. The number of benzene rings is 1. The normalized spacial score (nSPS) is 11.2. The summed E-state index contributed by atoms with van der Waals surface area (Å²) in [7, 11) is 3.55. The summed E-state index contributed by atoms with van der Waals surface area (Å²) >= 11 is 5.90. The van der Waals surface area contributed by atoms with Gasteiger partial charge in [0.15, 0.2) is 0 Å². The van der Waals surface area contributed by atoms with Gasteiger partial charge in [-0.25, -0.2) is 4.98 Å². The molecule has 0 unspecified atom stereocenters. The molecule has 0 bridgehead atoms. The van der Waals surface area contributed by atoms with E-state index < -0.39 is 0 Å². The van der Waals surface area contributed by atoms with Crippen molar-refractivity contribution in [3.63, 3.8) is 0 Å². The van der Waals surface area contributed by atoms with E-state index in [4.69, 9.17) is 16.3 Å². The Balaban J connectivity index is 2.29. The van der Waals surface area contributed by atoms with Crippen molar-refractivity contribution in [3.8, 4) is 11.4 Å². The second kappa shape index (κ2) is 5.17. The first kappa shape index (κ1) is 13.0. The molecule has 0 aliphatic heterocycles. The van der Waals surface area contributed by atoms with E-state index in [1.165, 1.54) is 0 Å². The quantitative estimate of drug-likeness (QED) is 0.694. The molecule has 0 spiro atoms. The summed E-state index contributed by atoms with van der Waals surface area (Å²) in [5, 5.41) is 4.23. The zero-order valence-corrected chi connectivity index (χ0v) is 12.1. The smallest absolute Gasteiger partial charge is 0.146 e. The van der Waals surface area contributed by atoms with Crippen LogP contribution in [0.1, 0.15) is 5.82 Å². The predicted molar refractivity (Wildman–Crippen MR) is 78.8 cm³/mol. The fourth-order valence-corrected chi connectivity index (χ4v) is 2.52. The zero-order chi connectivity index (χ0) is 14.1. The van der Waals surface area contributed by atoms with Gasteiger partial charge in [-0.3, -0.25) is 9.25 Å². The highest BCUT2D eigenvalue weighted by molar-refractivity contribution is 6.18. The van der Waals surface area contributed by atoms with Crippen LogP contribution in [0.4, 0.5) is 0 Å². The first-order chi connectivity index (χ1) is 9.74. The maximum Gasteiger partial charge on any atom is 0.146 e. The van der Waals surface area contributed by atoms with E-state index >= 15 is 0 Å². The summed E-state index contributed by atoms with van der Waals surface area (Å²) in [6.45, 7) is 0. The number of fused-ring (bicyclic) bond motifs is 1. The molecular formula is C14H15ClN4O. The van der Waals surface area contributed by atoms with Crippen LogP contribution in [0.15, 0.2) is 30.6 Å². The van der Waals surface area contributed by atoms with Crippen molar-refractivity contribution in [2.45, 2.75) is 6.42 Å². The zero-order valence-electron chi connectivity index (χ0n) is 11.4. The van der Waals surface area contributed by atoms with Crippen LogP contribution in [0.25, 0.3) is 16.7 Å². The van der Waals surface area contributed by atoms with Crippen molar-refractivity contribution in [2.24, 2.45) is 7.05 Å². The largest absolute Gasteiger partial charge is 0.494 e. The molecule has 2 aromatic heterocycles. The van der Waals surface area contributed by atoms with Crippen LogP contribution in [-0.2, 0) is 13.5 Å². The molecule has 0 amide bonds. The SMILES string of the molecule is COc1cccc2c1nc(CCCl)n2-c1cnn(C)c1. The van der Waals surface area contributed by atoms with Crippen LogP contribution in [-0.4, -0.2) is 32.3 Å². The van der Waals surface area contributed by atoms with Gasteiger partial charge >= 0.3 is 0 Å². The number of aromatic nitrogens is 4. The number of aryl methyl sites for hydroxylation is 2. The number of imidazole rings is 1. The molecule has 3 aromatic rings. The monoisotopic (exact) mass is 290 g/mol. The van der Waals surface area contributed by atoms with Gasteiger partial charge in [0.1, 0.15) is 17.1 Å². The highest BCUT2D eigenvalue weighted by atomic mass is 35.5. The van der Waals surface area contributed by atoms with Crippen LogP contribution < -0.4 is 4.74 Å². The molecule has 0 saturated carbocycles. The van der Waals surface area contributed by atoms with E-state index in [2.05, 4.69) is 14.6 Å². The average Bonchev–Trinajstić information content (AvgIpc) is 3.01. The summed E-state index contributed by atoms with van der Waals surface area (Å²) in [4.78, 5) is 4.68. The predicted octanol–water partition coefficient (Wildman–Crippen LogP) is 2.55. The Bertz CT molecular complexity index is 747. The molecule has 0 atom stereocenters. The minimum atomic E-state index is 0.520. The van der Waals surface area contributed by atoms with Gasteiger partial charge in [-0.1, -0.05) is 6.07 Å². The maximum atomic E-state index is 5.90. The number of hydrogen-bond acceptors (Lipinski definition) is 3. The van der Waals surface area contributed by atoms with E-state index in [-0.39, 0.29) is 0 Å². The number of rotatable bonds is 4. The Labute approximate surface area is 121 Å². The molecule has 0 N–H and O–H groups in total. The first-order valence-corrected chi connectivity index (χ1v) is 6.87. The molecule has 6 heteroatoms. The number of halogens is 1. The van der Waals surface area contributed by atoms with E-state index in [1.54, 1.807) is 11.8 Å². The van der Waals surface area contributed by atoms with Gasteiger partial charge in [0.05, 0.1) is 24.5 Å². The van der Waals surface area contributed by atoms with Crippen LogP contribution in [0.5, 0.6) is 5.75 Å². The summed E-state index contributed by atoms with van der Waals surface area (Å²) in [6, 6.07) is 5.89. The number of methoxy groups -OCH3 is 1. The van der Waals surface area contributed by atoms with Gasteiger partial charge in [0, 0.05) is 25.5 Å². The van der Waals surface area contributed by atoms with Crippen molar-refractivity contribution in [2.75, 3.05) is 13.0 Å². The van der Waals surface area contributed by atoms with Gasteiger partial charge in [-0.05, 0) is 12.1 Å². The molecular weight excluding hydrogens is 276 g/mol. The van der Waals surface area contributed by atoms with E-state index in [0.717, 1.165) is 28.3 Å². The lowest BCUT2D eigenvalue weighted by Gasteiger charge is -2.05.